The average Bonchev–Trinajstić information content (AvgIpc) is 2.87. The van der Waals surface area contributed by atoms with Crippen LogP contribution >= 0.6 is 0 Å². The number of amides is 1. The van der Waals surface area contributed by atoms with Crippen molar-refractivity contribution in [1.82, 2.24) is 4.90 Å². The molecule has 0 N–H and O–H groups in total. The minimum Gasteiger partial charge on any atom is -0.339 e. The van der Waals surface area contributed by atoms with E-state index in [2.05, 4.69) is 12.1 Å². The number of carbonyl (C=O) groups excluding carboxylic acids is 1. The van der Waals surface area contributed by atoms with Crippen LogP contribution in [0.2, 0.25) is 0 Å². The molecular weight excluding hydrogens is 310 g/mol. The summed E-state index contributed by atoms with van der Waals surface area (Å²) < 4.78 is 23.0. The van der Waals surface area contributed by atoms with Crippen LogP contribution in [-0.2, 0) is 21.1 Å². The lowest BCUT2D eigenvalue weighted by molar-refractivity contribution is -0.135. The second kappa shape index (κ2) is 6.87. The van der Waals surface area contributed by atoms with Crippen molar-refractivity contribution in [2.75, 3.05) is 12.3 Å². The summed E-state index contributed by atoms with van der Waals surface area (Å²) in [6, 6.07) is 10.5. The smallest absolute Gasteiger partial charge is 0.223 e. The zero-order valence-electron chi connectivity index (χ0n) is 13.2. The zero-order valence-corrected chi connectivity index (χ0v) is 14.0. The number of benzene rings is 1. The SMILES string of the molecule is O=C(C[C@H]1C=CS(=O)(=O)C1)N1CCCC[C@@H]1Cc1ccccc1. The first-order valence-electron chi connectivity index (χ1n) is 8.28. The number of rotatable bonds is 4. The Morgan fingerprint density at radius 2 is 1.96 bits per heavy atom. The van der Waals surface area contributed by atoms with Gasteiger partial charge in [-0.05, 0) is 31.2 Å². The molecule has 1 fully saturated rings. The van der Waals surface area contributed by atoms with Crippen molar-refractivity contribution >= 4 is 15.7 Å². The fourth-order valence-electron chi connectivity index (χ4n) is 3.54. The monoisotopic (exact) mass is 333 g/mol. The molecule has 2 aliphatic rings. The molecule has 0 radical (unpaired) electrons. The third kappa shape index (κ3) is 4.22. The summed E-state index contributed by atoms with van der Waals surface area (Å²) in [6.45, 7) is 0.791. The summed E-state index contributed by atoms with van der Waals surface area (Å²) in [5, 5.41) is 1.25. The van der Waals surface area contributed by atoms with Gasteiger partial charge in [-0.2, -0.15) is 0 Å². The predicted molar refractivity (Wildman–Crippen MR) is 90.5 cm³/mol. The molecule has 124 valence electrons. The maximum atomic E-state index is 12.7. The molecule has 23 heavy (non-hydrogen) atoms. The minimum atomic E-state index is -3.09. The van der Waals surface area contributed by atoms with Gasteiger partial charge in [-0.1, -0.05) is 36.4 Å². The first kappa shape index (κ1) is 16.2. The van der Waals surface area contributed by atoms with Gasteiger partial charge in [0.2, 0.25) is 5.91 Å². The van der Waals surface area contributed by atoms with Crippen LogP contribution in [0.4, 0.5) is 0 Å². The lowest BCUT2D eigenvalue weighted by atomic mass is 9.94. The number of hydrogen-bond donors (Lipinski definition) is 0. The molecule has 1 aromatic carbocycles. The van der Waals surface area contributed by atoms with Gasteiger partial charge in [-0.3, -0.25) is 4.79 Å². The van der Waals surface area contributed by atoms with E-state index in [4.69, 9.17) is 0 Å². The van der Waals surface area contributed by atoms with Gasteiger partial charge in [0.05, 0.1) is 5.75 Å². The number of carbonyl (C=O) groups is 1. The summed E-state index contributed by atoms with van der Waals surface area (Å²) >= 11 is 0. The molecule has 0 aliphatic carbocycles. The van der Waals surface area contributed by atoms with Crippen LogP contribution in [0.1, 0.15) is 31.2 Å². The van der Waals surface area contributed by atoms with E-state index in [-0.39, 0.29) is 23.6 Å². The van der Waals surface area contributed by atoms with Gasteiger partial charge in [-0.25, -0.2) is 8.42 Å². The molecule has 5 heteroatoms. The number of sulfone groups is 1. The fourth-order valence-corrected chi connectivity index (χ4v) is 4.93. The Bertz CT molecular complexity index is 681. The van der Waals surface area contributed by atoms with Crippen LogP contribution < -0.4 is 0 Å². The van der Waals surface area contributed by atoms with Crippen LogP contribution in [0.25, 0.3) is 0 Å². The summed E-state index contributed by atoms with van der Waals surface area (Å²) in [5.74, 6) is 0.0137. The lowest BCUT2D eigenvalue weighted by Gasteiger charge is -2.36. The number of likely N-dealkylation sites (tertiary alicyclic amines) is 1. The topological polar surface area (TPSA) is 54.5 Å². The fraction of sp³-hybridized carbons (Fsp3) is 0.500. The quantitative estimate of drug-likeness (QED) is 0.851. The largest absolute Gasteiger partial charge is 0.339 e. The molecule has 0 spiro atoms. The van der Waals surface area contributed by atoms with E-state index in [1.165, 1.54) is 11.0 Å². The maximum absolute atomic E-state index is 12.7. The summed E-state index contributed by atoms with van der Waals surface area (Å²) in [4.78, 5) is 14.6. The Hall–Kier alpha value is -1.62. The molecule has 4 nitrogen and oxygen atoms in total. The van der Waals surface area contributed by atoms with Gasteiger partial charge in [0.15, 0.2) is 9.84 Å². The van der Waals surface area contributed by atoms with E-state index in [9.17, 15) is 13.2 Å². The van der Waals surface area contributed by atoms with E-state index >= 15 is 0 Å². The highest BCUT2D eigenvalue weighted by atomic mass is 32.2. The molecular formula is C18H23NO3S. The normalized spacial score (nSPS) is 26.3. The molecule has 0 unspecified atom stereocenters. The minimum absolute atomic E-state index is 0.0793. The molecule has 1 saturated heterocycles. The molecule has 0 bridgehead atoms. The Labute approximate surface area is 138 Å². The molecule has 2 aliphatic heterocycles. The third-order valence-corrected chi connectivity index (χ3v) is 6.17. The van der Waals surface area contributed by atoms with Crippen LogP contribution in [0.3, 0.4) is 0 Å². The second-order valence-corrected chi connectivity index (χ2v) is 8.48. The van der Waals surface area contributed by atoms with Gasteiger partial charge in [0.25, 0.3) is 0 Å². The average molecular weight is 333 g/mol. The highest BCUT2D eigenvalue weighted by Crippen LogP contribution is 2.25. The standard InChI is InChI=1S/C18H23NO3S/c20-18(13-16-9-11-23(21,22)14-16)19-10-5-4-8-17(19)12-15-6-2-1-3-7-15/h1-3,6-7,9,11,16-17H,4-5,8,10,12-14H2/t16-,17-/m1/s1. The van der Waals surface area contributed by atoms with Crippen molar-refractivity contribution < 1.29 is 13.2 Å². The van der Waals surface area contributed by atoms with Crippen LogP contribution in [0.5, 0.6) is 0 Å². The van der Waals surface area contributed by atoms with Gasteiger partial charge in [0, 0.05) is 30.3 Å². The van der Waals surface area contributed by atoms with Crippen molar-refractivity contribution in [3.05, 3.63) is 47.4 Å². The van der Waals surface area contributed by atoms with Gasteiger partial charge in [-0.15, -0.1) is 0 Å². The van der Waals surface area contributed by atoms with Crippen molar-refractivity contribution in [2.24, 2.45) is 5.92 Å². The first-order chi connectivity index (χ1) is 11.0. The lowest BCUT2D eigenvalue weighted by Crippen LogP contribution is -2.45. The van der Waals surface area contributed by atoms with Crippen molar-refractivity contribution in [1.29, 1.82) is 0 Å². The van der Waals surface area contributed by atoms with Gasteiger partial charge >= 0.3 is 0 Å². The number of nitrogens with zero attached hydrogens (tertiary/aromatic N) is 1. The summed E-state index contributed by atoms with van der Waals surface area (Å²) in [7, 11) is -3.09. The van der Waals surface area contributed by atoms with Crippen LogP contribution in [0, 0.1) is 5.92 Å². The van der Waals surface area contributed by atoms with Crippen molar-refractivity contribution in [3.8, 4) is 0 Å². The predicted octanol–water partition coefficient (Wildman–Crippen LogP) is 2.56. The van der Waals surface area contributed by atoms with Crippen LogP contribution in [-0.4, -0.2) is 37.6 Å². The molecule has 3 rings (SSSR count). The second-order valence-electron chi connectivity index (χ2n) is 6.55. The molecule has 2 atom stereocenters. The van der Waals surface area contributed by atoms with E-state index in [1.807, 2.05) is 23.1 Å². The van der Waals surface area contributed by atoms with E-state index in [0.29, 0.717) is 6.42 Å². The van der Waals surface area contributed by atoms with Crippen molar-refractivity contribution in [2.45, 2.75) is 38.1 Å². The van der Waals surface area contributed by atoms with E-state index in [0.717, 1.165) is 32.2 Å². The molecule has 0 aromatic heterocycles. The Morgan fingerprint density at radius 1 is 1.17 bits per heavy atom. The third-order valence-electron chi connectivity index (χ3n) is 4.70. The molecule has 1 aromatic rings. The number of piperidine rings is 1. The molecule has 1 amide bonds. The summed E-state index contributed by atoms with van der Waals surface area (Å²) in [6.07, 6.45) is 6.07. The Morgan fingerprint density at radius 3 is 2.65 bits per heavy atom. The number of hydrogen-bond acceptors (Lipinski definition) is 3. The summed E-state index contributed by atoms with van der Waals surface area (Å²) in [5.41, 5.74) is 1.25. The molecule has 0 saturated carbocycles. The number of allylic oxidation sites excluding steroid dienone is 1. The van der Waals surface area contributed by atoms with Gasteiger partial charge < -0.3 is 4.90 Å². The zero-order chi connectivity index (χ0) is 16.3. The van der Waals surface area contributed by atoms with E-state index < -0.39 is 9.84 Å². The highest BCUT2D eigenvalue weighted by molar-refractivity contribution is 7.94. The van der Waals surface area contributed by atoms with Gasteiger partial charge in [0.1, 0.15) is 0 Å². The maximum Gasteiger partial charge on any atom is 0.223 e. The highest BCUT2D eigenvalue weighted by Gasteiger charge is 2.30. The first-order valence-corrected chi connectivity index (χ1v) is 9.99. The Balaban J connectivity index is 1.64. The van der Waals surface area contributed by atoms with Crippen LogP contribution in [0.15, 0.2) is 41.8 Å². The Kier molecular flexibility index (Phi) is 4.85. The molecule has 2 heterocycles. The van der Waals surface area contributed by atoms with E-state index in [1.54, 1.807) is 6.08 Å². The van der Waals surface area contributed by atoms with Crippen molar-refractivity contribution in [3.63, 3.8) is 0 Å².